The van der Waals surface area contributed by atoms with E-state index in [1.807, 2.05) is 24.3 Å². The number of nitro groups is 1. The Morgan fingerprint density at radius 1 is 1.00 bits per heavy atom. The molecule has 44 heavy (non-hydrogen) atoms. The third-order valence-corrected chi connectivity index (χ3v) is 7.43. The van der Waals surface area contributed by atoms with Gasteiger partial charge in [0.2, 0.25) is 0 Å². The van der Waals surface area contributed by atoms with Crippen molar-refractivity contribution in [3.8, 4) is 17.2 Å². The number of nitrogens with zero attached hydrogens (tertiary/aromatic N) is 3. The Labute approximate surface area is 266 Å². The SMILES string of the molecule is Cc1ccc(C)n1-c1ccc(OCc2ccc(C(=O)N/N=C/c3cc(Cl)c(OCc4ccc([N+](=O)[O-])cc4)c(Br)c3)o2)cc1. The maximum absolute atomic E-state index is 12.5. The minimum atomic E-state index is -0.525. The number of aryl methyl sites for hydroxylation is 2. The fourth-order valence-electron chi connectivity index (χ4n) is 4.38. The van der Waals surface area contributed by atoms with Crippen molar-refractivity contribution >= 4 is 45.3 Å². The summed E-state index contributed by atoms with van der Waals surface area (Å²) in [7, 11) is 0. The molecule has 3 aromatic carbocycles. The second kappa shape index (κ2) is 13.6. The monoisotopic (exact) mass is 676 g/mol. The average Bonchev–Trinajstić information content (AvgIpc) is 3.62. The van der Waals surface area contributed by atoms with Crippen LogP contribution in [0, 0.1) is 24.0 Å². The van der Waals surface area contributed by atoms with Crippen molar-refractivity contribution in [2.24, 2.45) is 5.10 Å². The number of benzene rings is 3. The molecule has 0 bridgehead atoms. The van der Waals surface area contributed by atoms with Crippen LogP contribution in [0.2, 0.25) is 5.02 Å². The Balaban J connectivity index is 1.12. The van der Waals surface area contributed by atoms with Crippen LogP contribution >= 0.6 is 27.5 Å². The third-order valence-electron chi connectivity index (χ3n) is 6.56. The number of nitro benzene ring substituents is 1. The number of halogens is 2. The molecule has 0 aliphatic carbocycles. The quantitative estimate of drug-likeness (QED) is 0.0861. The molecule has 0 spiro atoms. The number of hydrogen-bond acceptors (Lipinski definition) is 7. The highest BCUT2D eigenvalue weighted by atomic mass is 79.9. The summed E-state index contributed by atoms with van der Waals surface area (Å²) in [6.45, 7) is 4.44. The topological polar surface area (TPSA) is 121 Å². The molecule has 224 valence electrons. The minimum Gasteiger partial charge on any atom is -0.486 e. The van der Waals surface area contributed by atoms with Gasteiger partial charge in [0.25, 0.3) is 5.69 Å². The number of non-ortho nitro benzene ring substituents is 1. The molecule has 12 heteroatoms. The van der Waals surface area contributed by atoms with E-state index in [2.05, 4.69) is 57.0 Å². The number of ether oxygens (including phenoxy) is 2. The van der Waals surface area contributed by atoms with E-state index in [4.69, 9.17) is 25.5 Å². The molecular weight excluding hydrogens is 652 g/mol. The number of furan rings is 1. The zero-order valence-electron chi connectivity index (χ0n) is 23.6. The van der Waals surface area contributed by atoms with Crippen LogP contribution in [0.5, 0.6) is 11.5 Å². The van der Waals surface area contributed by atoms with Gasteiger partial charge in [-0.3, -0.25) is 14.9 Å². The first kappa shape index (κ1) is 30.6. The summed E-state index contributed by atoms with van der Waals surface area (Å²) >= 11 is 9.84. The van der Waals surface area contributed by atoms with Gasteiger partial charge in [0.1, 0.15) is 24.7 Å². The number of aromatic nitrogens is 1. The van der Waals surface area contributed by atoms with Crippen LogP contribution in [-0.2, 0) is 13.2 Å². The first-order chi connectivity index (χ1) is 21.2. The third kappa shape index (κ3) is 7.36. The zero-order chi connectivity index (χ0) is 31.2. The second-order valence-corrected chi connectivity index (χ2v) is 11.0. The molecule has 2 aromatic heterocycles. The standard InChI is InChI=1S/C32H26BrClN4O6/c1-20-3-4-21(2)37(20)24-9-11-26(12-10-24)42-19-27-13-14-30(44-27)32(39)36-35-17-23-15-28(33)31(29(34)16-23)43-18-22-5-7-25(8-6-22)38(40)41/h3-17H,18-19H2,1-2H3,(H,36,39)/b35-17+. The highest BCUT2D eigenvalue weighted by molar-refractivity contribution is 9.10. The van der Waals surface area contributed by atoms with E-state index in [9.17, 15) is 14.9 Å². The summed E-state index contributed by atoms with van der Waals surface area (Å²) in [6, 6.07) is 24.5. The predicted molar refractivity (Wildman–Crippen MR) is 170 cm³/mol. The van der Waals surface area contributed by atoms with E-state index in [1.54, 1.807) is 36.4 Å². The van der Waals surface area contributed by atoms with E-state index < -0.39 is 10.8 Å². The zero-order valence-corrected chi connectivity index (χ0v) is 26.0. The number of hydrogen-bond donors (Lipinski definition) is 1. The average molecular weight is 678 g/mol. The summed E-state index contributed by atoms with van der Waals surface area (Å²) in [5.41, 5.74) is 7.13. The Hall–Kier alpha value is -4.87. The molecule has 0 saturated heterocycles. The Morgan fingerprint density at radius 2 is 1.70 bits per heavy atom. The van der Waals surface area contributed by atoms with Crippen LogP contribution in [0.1, 0.15) is 38.8 Å². The van der Waals surface area contributed by atoms with Gasteiger partial charge in [0, 0.05) is 29.2 Å². The van der Waals surface area contributed by atoms with Gasteiger partial charge in [0.15, 0.2) is 11.5 Å². The van der Waals surface area contributed by atoms with Crippen molar-refractivity contribution < 1.29 is 23.6 Å². The lowest BCUT2D eigenvalue weighted by molar-refractivity contribution is -0.384. The first-order valence-corrected chi connectivity index (χ1v) is 14.5. The van der Waals surface area contributed by atoms with Crippen LogP contribution in [0.4, 0.5) is 5.69 Å². The molecule has 0 atom stereocenters. The first-order valence-electron chi connectivity index (χ1n) is 13.3. The molecule has 1 amide bonds. The molecule has 2 heterocycles. The van der Waals surface area contributed by atoms with Crippen LogP contribution in [-0.4, -0.2) is 21.6 Å². The molecule has 5 rings (SSSR count). The summed E-state index contributed by atoms with van der Waals surface area (Å²) in [5.74, 6) is 1.13. The van der Waals surface area contributed by atoms with Gasteiger partial charge in [-0.25, -0.2) is 5.43 Å². The van der Waals surface area contributed by atoms with E-state index in [0.717, 1.165) is 22.6 Å². The molecule has 5 aromatic rings. The van der Waals surface area contributed by atoms with Gasteiger partial charge in [-0.2, -0.15) is 5.10 Å². The molecular formula is C32H26BrClN4O6. The fraction of sp³-hybridized carbons (Fsp3) is 0.125. The van der Waals surface area contributed by atoms with Crippen molar-refractivity contribution in [2.75, 3.05) is 0 Å². The van der Waals surface area contributed by atoms with Crippen molar-refractivity contribution in [2.45, 2.75) is 27.1 Å². The van der Waals surface area contributed by atoms with E-state index in [-0.39, 0.29) is 24.7 Å². The predicted octanol–water partition coefficient (Wildman–Crippen LogP) is 7.93. The second-order valence-electron chi connectivity index (χ2n) is 9.73. The summed E-state index contributed by atoms with van der Waals surface area (Å²) < 4.78 is 20.0. The Kier molecular flexibility index (Phi) is 9.47. The van der Waals surface area contributed by atoms with Gasteiger partial charge in [-0.1, -0.05) is 11.6 Å². The van der Waals surface area contributed by atoms with Crippen LogP contribution in [0.15, 0.2) is 98.9 Å². The smallest absolute Gasteiger partial charge is 0.307 e. The molecule has 10 nitrogen and oxygen atoms in total. The van der Waals surface area contributed by atoms with Gasteiger partial charge in [0.05, 0.1) is 20.6 Å². The lowest BCUT2D eigenvalue weighted by Gasteiger charge is -2.11. The summed E-state index contributed by atoms with van der Waals surface area (Å²) in [5, 5.41) is 15.1. The van der Waals surface area contributed by atoms with Crippen LogP contribution in [0.3, 0.4) is 0 Å². The highest BCUT2D eigenvalue weighted by Crippen LogP contribution is 2.35. The van der Waals surface area contributed by atoms with E-state index >= 15 is 0 Å². The van der Waals surface area contributed by atoms with Crippen molar-refractivity contribution in [1.29, 1.82) is 0 Å². The lowest BCUT2D eigenvalue weighted by atomic mass is 10.2. The van der Waals surface area contributed by atoms with E-state index in [1.165, 1.54) is 18.3 Å². The molecule has 0 saturated carbocycles. The molecule has 0 aliphatic rings. The number of carbonyl (C=O) groups is 1. The normalized spacial score (nSPS) is 11.1. The van der Waals surface area contributed by atoms with Crippen molar-refractivity contribution in [3.63, 3.8) is 0 Å². The molecule has 0 radical (unpaired) electrons. The molecule has 1 N–H and O–H groups in total. The largest absolute Gasteiger partial charge is 0.486 e. The molecule has 0 unspecified atom stereocenters. The Bertz CT molecular complexity index is 1790. The van der Waals surface area contributed by atoms with E-state index in [0.29, 0.717) is 32.3 Å². The number of nitrogens with one attached hydrogen (secondary N) is 1. The number of rotatable bonds is 11. The Morgan fingerprint density at radius 3 is 2.36 bits per heavy atom. The van der Waals surface area contributed by atoms with Crippen LogP contribution < -0.4 is 14.9 Å². The molecule has 0 aliphatic heterocycles. The van der Waals surface area contributed by atoms with Gasteiger partial charge in [-0.15, -0.1) is 0 Å². The molecule has 0 fully saturated rings. The maximum atomic E-state index is 12.5. The van der Waals surface area contributed by atoms with Gasteiger partial charge >= 0.3 is 5.91 Å². The van der Waals surface area contributed by atoms with Crippen LogP contribution in [0.25, 0.3) is 5.69 Å². The lowest BCUT2D eigenvalue weighted by Crippen LogP contribution is -2.16. The van der Waals surface area contributed by atoms with Crippen molar-refractivity contribution in [1.82, 2.24) is 9.99 Å². The number of hydrazone groups is 1. The summed E-state index contributed by atoms with van der Waals surface area (Å²) in [4.78, 5) is 22.9. The van der Waals surface area contributed by atoms with Gasteiger partial charge in [-0.05, 0) is 114 Å². The summed E-state index contributed by atoms with van der Waals surface area (Å²) in [6.07, 6.45) is 1.43. The fourth-order valence-corrected chi connectivity index (χ4v) is 5.37. The van der Waals surface area contributed by atoms with Gasteiger partial charge < -0.3 is 18.5 Å². The highest BCUT2D eigenvalue weighted by Gasteiger charge is 2.13. The number of carbonyl (C=O) groups excluding carboxylic acids is 1. The maximum Gasteiger partial charge on any atom is 0.307 e. The van der Waals surface area contributed by atoms with Crippen molar-refractivity contribution in [3.05, 3.63) is 139 Å². The minimum absolute atomic E-state index is 0.00109. The number of amides is 1.